The summed E-state index contributed by atoms with van der Waals surface area (Å²) in [7, 11) is 1.74. The van der Waals surface area contributed by atoms with E-state index in [1.54, 1.807) is 17.9 Å². The molecule has 1 aromatic rings. The van der Waals surface area contributed by atoms with Gasteiger partial charge < -0.3 is 5.32 Å². The van der Waals surface area contributed by atoms with E-state index in [1.807, 2.05) is 13.0 Å². The van der Waals surface area contributed by atoms with Gasteiger partial charge in [-0.05, 0) is 38.8 Å². The van der Waals surface area contributed by atoms with Crippen molar-refractivity contribution in [3.8, 4) is 0 Å². The molecule has 0 aliphatic heterocycles. The first kappa shape index (κ1) is 15.4. The fourth-order valence-corrected chi connectivity index (χ4v) is 3.42. The van der Waals surface area contributed by atoms with Crippen LogP contribution in [-0.4, -0.2) is 23.0 Å². The summed E-state index contributed by atoms with van der Waals surface area (Å²) in [6.07, 6.45) is -0.0527. The summed E-state index contributed by atoms with van der Waals surface area (Å²) in [6.45, 7) is 2.62. The number of rotatable bonds is 4. The predicted molar refractivity (Wildman–Crippen MR) is 71.2 cm³/mol. The van der Waals surface area contributed by atoms with Crippen molar-refractivity contribution in [2.24, 2.45) is 11.8 Å². The molecular formula is C14H22F3N3. The second kappa shape index (κ2) is 6.16. The molecule has 2 rings (SSSR count). The van der Waals surface area contributed by atoms with Crippen LogP contribution in [0.2, 0.25) is 0 Å². The second-order valence-corrected chi connectivity index (χ2v) is 5.43. The largest absolute Gasteiger partial charge is 0.392 e. The van der Waals surface area contributed by atoms with Gasteiger partial charge in [-0.3, -0.25) is 4.68 Å². The average Bonchev–Trinajstić information content (AvgIpc) is 2.87. The molecule has 20 heavy (non-hydrogen) atoms. The third kappa shape index (κ3) is 3.00. The van der Waals surface area contributed by atoms with Crippen molar-refractivity contribution >= 4 is 0 Å². The van der Waals surface area contributed by atoms with E-state index in [9.17, 15) is 13.2 Å². The Balaban J connectivity index is 2.29. The summed E-state index contributed by atoms with van der Waals surface area (Å²) >= 11 is 0. The minimum Gasteiger partial charge on any atom is -0.311 e. The molecule has 1 N–H and O–H groups in total. The van der Waals surface area contributed by atoms with Crippen molar-refractivity contribution in [2.75, 3.05) is 7.05 Å². The summed E-state index contributed by atoms with van der Waals surface area (Å²) in [5, 5.41) is 7.27. The standard InChI is InChI=1S/C14H22F3N3/c1-3-20-12(8-9-19-20)13(18-2)10-6-4-5-7-11(10)14(15,16)17/h8-11,13,18H,3-7H2,1-2H3. The van der Waals surface area contributed by atoms with E-state index in [4.69, 9.17) is 0 Å². The first-order chi connectivity index (χ1) is 9.49. The fraction of sp³-hybridized carbons (Fsp3) is 0.786. The molecule has 0 spiro atoms. The highest BCUT2D eigenvalue weighted by atomic mass is 19.4. The Bertz CT molecular complexity index is 428. The van der Waals surface area contributed by atoms with Gasteiger partial charge >= 0.3 is 6.18 Å². The zero-order chi connectivity index (χ0) is 14.8. The number of aromatic nitrogens is 2. The zero-order valence-electron chi connectivity index (χ0n) is 12.0. The molecule has 1 fully saturated rings. The lowest BCUT2D eigenvalue weighted by Crippen LogP contribution is -2.40. The molecule has 1 heterocycles. The first-order valence-corrected chi connectivity index (χ1v) is 7.24. The van der Waals surface area contributed by atoms with Crippen molar-refractivity contribution in [1.29, 1.82) is 0 Å². The molecule has 0 radical (unpaired) electrons. The molecule has 0 saturated heterocycles. The zero-order valence-corrected chi connectivity index (χ0v) is 12.0. The summed E-state index contributed by atoms with van der Waals surface area (Å²) < 4.78 is 41.6. The Kier molecular flexibility index (Phi) is 4.73. The van der Waals surface area contributed by atoms with Gasteiger partial charge in [-0.1, -0.05) is 12.8 Å². The highest BCUT2D eigenvalue weighted by Crippen LogP contribution is 2.46. The van der Waals surface area contributed by atoms with Gasteiger partial charge in [-0.15, -0.1) is 0 Å². The third-order valence-electron chi connectivity index (χ3n) is 4.35. The lowest BCUT2D eigenvalue weighted by Gasteiger charge is -2.38. The number of aryl methyl sites for hydroxylation is 1. The van der Waals surface area contributed by atoms with E-state index in [0.29, 0.717) is 19.4 Å². The van der Waals surface area contributed by atoms with E-state index < -0.39 is 18.0 Å². The second-order valence-electron chi connectivity index (χ2n) is 5.43. The minimum absolute atomic E-state index is 0.243. The van der Waals surface area contributed by atoms with Gasteiger partial charge in [0.05, 0.1) is 17.7 Å². The van der Waals surface area contributed by atoms with Gasteiger partial charge in [0.25, 0.3) is 0 Å². The number of hydrogen-bond donors (Lipinski definition) is 1. The van der Waals surface area contributed by atoms with Gasteiger partial charge in [0.15, 0.2) is 0 Å². The van der Waals surface area contributed by atoms with Crippen LogP contribution >= 0.6 is 0 Å². The topological polar surface area (TPSA) is 29.9 Å². The first-order valence-electron chi connectivity index (χ1n) is 7.24. The van der Waals surface area contributed by atoms with E-state index in [1.165, 1.54) is 0 Å². The Labute approximate surface area is 117 Å². The molecule has 0 bridgehead atoms. The van der Waals surface area contributed by atoms with Crippen LogP contribution in [0.4, 0.5) is 13.2 Å². The van der Waals surface area contributed by atoms with Crippen LogP contribution in [0.15, 0.2) is 12.3 Å². The molecule has 6 heteroatoms. The van der Waals surface area contributed by atoms with Crippen LogP contribution in [0.5, 0.6) is 0 Å². The Morgan fingerprint density at radius 2 is 2.10 bits per heavy atom. The molecule has 3 atom stereocenters. The van der Waals surface area contributed by atoms with Gasteiger partial charge in [0, 0.05) is 12.7 Å². The summed E-state index contributed by atoms with van der Waals surface area (Å²) in [5.74, 6) is -1.62. The molecular weight excluding hydrogens is 267 g/mol. The monoisotopic (exact) mass is 289 g/mol. The minimum atomic E-state index is -4.11. The average molecular weight is 289 g/mol. The van der Waals surface area contributed by atoms with Crippen molar-refractivity contribution in [3.05, 3.63) is 18.0 Å². The van der Waals surface area contributed by atoms with Gasteiger partial charge in [0.1, 0.15) is 0 Å². The molecule has 114 valence electrons. The van der Waals surface area contributed by atoms with Crippen LogP contribution in [0, 0.1) is 11.8 Å². The predicted octanol–water partition coefficient (Wildman–Crippen LogP) is 3.53. The van der Waals surface area contributed by atoms with E-state index in [-0.39, 0.29) is 12.5 Å². The Hall–Kier alpha value is -1.04. The lowest BCUT2D eigenvalue weighted by molar-refractivity contribution is -0.199. The Morgan fingerprint density at radius 1 is 1.40 bits per heavy atom. The summed E-state index contributed by atoms with van der Waals surface area (Å²) in [4.78, 5) is 0. The van der Waals surface area contributed by atoms with Gasteiger partial charge in [0.2, 0.25) is 0 Å². The molecule has 3 unspecified atom stereocenters. The lowest BCUT2D eigenvalue weighted by atomic mass is 9.74. The van der Waals surface area contributed by atoms with Crippen LogP contribution in [0.25, 0.3) is 0 Å². The SMILES string of the molecule is CCn1nccc1C(NC)C1CCCCC1C(F)(F)F. The molecule has 0 aromatic carbocycles. The normalized spacial score (nSPS) is 25.6. The van der Waals surface area contributed by atoms with E-state index in [2.05, 4.69) is 10.4 Å². The number of alkyl halides is 3. The van der Waals surface area contributed by atoms with Crippen molar-refractivity contribution in [2.45, 2.75) is 51.4 Å². The van der Waals surface area contributed by atoms with Crippen LogP contribution < -0.4 is 5.32 Å². The highest BCUT2D eigenvalue weighted by molar-refractivity contribution is 5.10. The summed E-state index contributed by atoms with van der Waals surface area (Å²) in [5.41, 5.74) is 0.858. The molecule has 1 aliphatic carbocycles. The smallest absolute Gasteiger partial charge is 0.311 e. The van der Waals surface area contributed by atoms with Crippen molar-refractivity contribution in [1.82, 2.24) is 15.1 Å². The summed E-state index contributed by atoms with van der Waals surface area (Å²) in [6, 6.07) is 1.54. The maximum Gasteiger partial charge on any atom is 0.392 e. The van der Waals surface area contributed by atoms with E-state index in [0.717, 1.165) is 12.1 Å². The van der Waals surface area contributed by atoms with Gasteiger partial charge in [-0.2, -0.15) is 18.3 Å². The third-order valence-corrected chi connectivity index (χ3v) is 4.35. The molecule has 1 aromatic heterocycles. The maximum atomic E-state index is 13.3. The fourth-order valence-electron chi connectivity index (χ4n) is 3.42. The molecule has 1 saturated carbocycles. The highest BCUT2D eigenvalue weighted by Gasteiger charge is 2.48. The number of halogens is 3. The Morgan fingerprint density at radius 3 is 2.70 bits per heavy atom. The van der Waals surface area contributed by atoms with Crippen LogP contribution in [-0.2, 0) is 6.54 Å². The van der Waals surface area contributed by atoms with Crippen LogP contribution in [0.3, 0.4) is 0 Å². The van der Waals surface area contributed by atoms with Gasteiger partial charge in [-0.25, -0.2) is 0 Å². The number of nitrogens with one attached hydrogen (secondary N) is 1. The number of nitrogens with zero attached hydrogens (tertiary/aromatic N) is 2. The van der Waals surface area contributed by atoms with E-state index >= 15 is 0 Å². The molecule has 0 amide bonds. The number of hydrogen-bond acceptors (Lipinski definition) is 2. The van der Waals surface area contributed by atoms with Crippen LogP contribution in [0.1, 0.15) is 44.3 Å². The van der Waals surface area contributed by atoms with Crippen molar-refractivity contribution in [3.63, 3.8) is 0 Å². The maximum absolute atomic E-state index is 13.3. The quantitative estimate of drug-likeness (QED) is 0.919. The molecule has 3 nitrogen and oxygen atoms in total. The molecule has 1 aliphatic rings. The van der Waals surface area contributed by atoms with Crippen molar-refractivity contribution < 1.29 is 13.2 Å².